The van der Waals surface area contributed by atoms with Crippen molar-refractivity contribution in [2.45, 2.75) is 41.0 Å². The maximum absolute atomic E-state index is 11.5. The van der Waals surface area contributed by atoms with Crippen LogP contribution in [0.25, 0.3) is 0 Å². The van der Waals surface area contributed by atoms with Crippen LogP contribution in [0.3, 0.4) is 0 Å². The Morgan fingerprint density at radius 1 is 1.28 bits per heavy atom. The van der Waals surface area contributed by atoms with Crippen LogP contribution < -0.4 is 10.6 Å². The van der Waals surface area contributed by atoms with E-state index >= 15 is 0 Å². The van der Waals surface area contributed by atoms with Gasteiger partial charge in [-0.1, -0.05) is 20.8 Å². The summed E-state index contributed by atoms with van der Waals surface area (Å²) in [6, 6.07) is 2.04. The van der Waals surface area contributed by atoms with Crippen LogP contribution in [0, 0.1) is 19.3 Å². The number of amides is 2. The molecule has 1 aromatic rings. The van der Waals surface area contributed by atoms with Crippen molar-refractivity contribution >= 4 is 6.03 Å². The smallest absolute Gasteiger partial charge is 0.314 e. The zero-order valence-corrected chi connectivity index (χ0v) is 12.1. The van der Waals surface area contributed by atoms with Crippen LogP contribution >= 0.6 is 0 Å². The summed E-state index contributed by atoms with van der Waals surface area (Å²) in [6.07, 6.45) is 0.860. The lowest BCUT2D eigenvalue weighted by atomic mass is 9.97. The Bertz CT molecular complexity index is 402. The Morgan fingerprint density at radius 3 is 2.44 bits per heavy atom. The molecule has 0 aliphatic rings. The average Bonchev–Trinajstić information content (AvgIpc) is 2.54. The predicted molar refractivity (Wildman–Crippen MR) is 74.8 cm³/mol. The van der Waals surface area contributed by atoms with E-state index in [4.69, 9.17) is 0 Å². The van der Waals surface area contributed by atoms with Gasteiger partial charge in [-0.15, -0.1) is 0 Å². The number of H-pyrrole nitrogens is 1. The first-order valence-corrected chi connectivity index (χ1v) is 6.45. The van der Waals surface area contributed by atoms with E-state index in [9.17, 15) is 4.79 Å². The highest BCUT2D eigenvalue weighted by molar-refractivity contribution is 5.73. The number of urea groups is 1. The monoisotopic (exact) mass is 251 g/mol. The normalized spacial score (nSPS) is 11.4. The van der Waals surface area contributed by atoms with E-state index in [-0.39, 0.29) is 11.4 Å². The molecule has 0 bridgehead atoms. The third kappa shape index (κ3) is 5.25. The van der Waals surface area contributed by atoms with Gasteiger partial charge in [-0.2, -0.15) is 0 Å². The third-order valence-corrected chi connectivity index (χ3v) is 2.72. The summed E-state index contributed by atoms with van der Waals surface area (Å²) in [5.41, 5.74) is 3.73. The van der Waals surface area contributed by atoms with Crippen molar-refractivity contribution in [1.82, 2.24) is 15.6 Å². The third-order valence-electron chi connectivity index (χ3n) is 2.72. The molecule has 0 radical (unpaired) electrons. The lowest BCUT2D eigenvalue weighted by Crippen LogP contribution is -2.40. The summed E-state index contributed by atoms with van der Waals surface area (Å²) in [6.45, 7) is 11.7. The molecule has 2 amide bonds. The largest absolute Gasteiger partial charge is 0.362 e. The van der Waals surface area contributed by atoms with Crippen molar-refractivity contribution in [2.24, 2.45) is 5.41 Å². The van der Waals surface area contributed by atoms with E-state index in [1.54, 1.807) is 0 Å². The van der Waals surface area contributed by atoms with Gasteiger partial charge >= 0.3 is 6.03 Å². The predicted octanol–water partition coefficient (Wildman–Crippen LogP) is 2.52. The molecule has 4 nitrogen and oxygen atoms in total. The molecule has 0 saturated carbocycles. The van der Waals surface area contributed by atoms with Crippen LogP contribution in [-0.4, -0.2) is 24.1 Å². The standard InChI is InChI=1S/C14H25N3O/c1-10-8-12(11(2)17-10)6-7-15-13(18)16-9-14(3,4)5/h8,17H,6-7,9H2,1-5H3,(H2,15,16,18). The van der Waals surface area contributed by atoms with Crippen molar-refractivity contribution in [3.8, 4) is 0 Å². The van der Waals surface area contributed by atoms with Crippen LogP contribution in [-0.2, 0) is 6.42 Å². The summed E-state index contributed by atoms with van der Waals surface area (Å²) >= 11 is 0. The number of hydrogen-bond donors (Lipinski definition) is 3. The summed E-state index contributed by atoms with van der Waals surface area (Å²) in [5.74, 6) is 0. The minimum Gasteiger partial charge on any atom is -0.362 e. The second-order valence-electron chi connectivity index (χ2n) is 6.02. The summed E-state index contributed by atoms with van der Waals surface area (Å²) in [4.78, 5) is 14.8. The van der Waals surface area contributed by atoms with Gasteiger partial charge in [0, 0.05) is 24.5 Å². The Labute approximate surface area is 110 Å². The quantitative estimate of drug-likeness (QED) is 0.756. The number of hydrogen-bond acceptors (Lipinski definition) is 1. The molecule has 0 fully saturated rings. The number of aromatic nitrogens is 1. The minimum atomic E-state index is -0.0881. The van der Waals surface area contributed by atoms with Crippen molar-refractivity contribution in [2.75, 3.05) is 13.1 Å². The summed E-state index contributed by atoms with van der Waals surface area (Å²) < 4.78 is 0. The molecule has 1 rings (SSSR count). The molecular formula is C14H25N3O. The first-order chi connectivity index (χ1) is 8.28. The maximum atomic E-state index is 11.5. The fourth-order valence-electron chi connectivity index (χ4n) is 1.76. The molecule has 0 unspecified atom stereocenters. The molecule has 1 heterocycles. The molecule has 0 aliphatic heterocycles. The van der Waals surface area contributed by atoms with Gasteiger partial charge in [0.15, 0.2) is 0 Å². The van der Waals surface area contributed by atoms with Crippen molar-refractivity contribution in [3.05, 3.63) is 23.0 Å². The van der Waals surface area contributed by atoms with E-state index in [0.29, 0.717) is 13.1 Å². The van der Waals surface area contributed by atoms with Gasteiger partial charge in [-0.3, -0.25) is 0 Å². The van der Waals surface area contributed by atoms with Gasteiger partial charge in [0.2, 0.25) is 0 Å². The number of nitrogens with one attached hydrogen (secondary N) is 3. The highest BCUT2D eigenvalue weighted by Crippen LogP contribution is 2.10. The Kier molecular flexibility index (Phi) is 4.82. The molecule has 0 atom stereocenters. The molecule has 0 aromatic carbocycles. The molecule has 4 heteroatoms. The lowest BCUT2D eigenvalue weighted by Gasteiger charge is -2.18. The SMILES string of the molecule is Cc1cc(CCNC(=O)NCC(C)(C)C)c(C)[nH]1. The first kappa shape index (κ1) is 14.6. The lowest BCUT2D eigenvalue weighted by molar-refractivity contribution is 0.235. The highest BCUT2D eigenvalue weighted by Gasteiger charge is 2.11. The van der Waals surface area contributed by atoms with E-state index in [1.165, 1.54) is 17.0 Å². The van der Waals surface area contributed by atoms with Crippen LogP contribution in [0.1, 0.15) is 37.7 Å². The van der Waals surface area contributed by atoms with Gasteiger partial charge in [0.1, 0.15) is 0 Å². The van der Waals surface area contributed by atoms with Crippen LogP contribution in [0.5, 0.6) is 0 Å². The van der Waals surface area contributed by atoms with Gasteiger partial charge in [0.25, 0.3) is 0 Å². The van der Waals surface area contributed by atoms with Crippen LogP contribution in [0.15, 0.2) is 6.07 Å². The number of carbonyl (C=O) groups excluding carboxylic acids is 1. The highest BCUT2D eigenvalue weighted by atomic mass is 16.2. The van der Waals surface area contributed by atoms with E-state index in [1.807, 2.05) is 6.92 Å². The Morgan fingerprint density at radius 2 is 1.94 bits per heavy atom. The minimum absolute atomic E-state index is 0.0881. The zero-order chi connectivity index (χ0) is 13.8. The second kappa shape index (κ2) is 5.94. The number of carbonyl (C=O) groups is 1. The molecule has 0 spiro atoms. The van der Waals surface area contributed by atoms with Gasteiger partial charge < -0.3 is 15.6 Å². The fraction of sp³-hybridized carbons (Fsp3) is 0.643. The maximum Gasteiger partial charge on any atom is 0.314 e. The van der Waals surface area contributed by atoms with Gasteiger partial charge in [-0.25, -0.2) is 4.79 Å². The molecule has 3 N–H and O–H groups in total. The number of aryl methyl sites for hydroxylation is 2. The second-order valence-corrected chi connectivity index (χ2v) is 6.02. The van der Waals surface area contributed by atoms with E-state index < -0.39 is 0 Å². The first-order valence-electron chi connectivity index (χ1n) is 6.45. The van der Waals surface area contributed by atoms with Gasteiger partial charge in [-0.05, 0) is 37.3 Å². The molecular weight excluding hydrogens is 226 g/mol. The molecule has 18 heavy (non-hydrogen) atoms. The number of aromatic amines is 1. The van der Waals surface area contributed by atoms with E-state index in [2.05, 4.69) is 49.4 Å². The number of rotatable bonds is 4. The van der Waals surface area contributed by atoms with Crippen molar-refractivity contribution in [1.29, 1.82) is 0 Å². The van der Waals surface area contributed by atoms with Crippen LogP contribution in [0.4, 0.5) is 4.79 Å². The average molecular weight is 251 g/mol. The summed E-state index contributed by atoms with van der Waals surface area (Å²) in [7, 11) is 0. The molecule has 0 saturated heterocycles. The molecule has 1 aromatic heterocycles. The zero-order valence-electron chi connectivity index (χ0n) is 12.1. The Balaban J connectivity index is 2.26. The summed E-state index contributed by atoms with van der Waals surface area (Å²) in [5, 5.41) is 5.75. The topological polar surface area (TPSA) is 56.9 Å². The van der Waals surface area contributed by atoms with Gasteiger partial charge in [0.05, 0.1) is 0 Å². The fourth-order valence-corrected chi connectivity index (χ4v) is 1.76. The molecule has 102 valence electrons. The van der Waals surface area contributed by atoms with Crippen molar-refractivity contribution in [3.63, 3.8) is 0 Å². The van der Waals surface area contributed by atoms with E-state index in [0.717, 1.165) is 6.42 Å². The van der Waals surface area contributed by atoms with Crippen LogP contribution in [0.2, 0.25) is 0 Å². The Hall–Kier alpha value is -1.45. The van der Waals surface area contributed by atoms with Crippen molar-refractivity contribution < 1.29 is 4.79 Å². The molecule has 0 aliphatic carbocycles.